The van der Waals surface area contributed by atoms with Crippen molar-refractivity contribution in [2.45, 2.75) is 57.3 Å². The Morgan fingerprint density at radius 1 is 0.971 bits per heavy atom. The molecule has 2 fully saturated rings. The molecule has 9 nitrogen and oxygen atoms in total. The molecule has 0 spiro atoms. The van der Waals surface area contributed by atoms with E-state index in [0.29, 0.717) is 30.6 Å². The minimum atomic E-state index is -3.29. The number of hydrogen-bond donors (Lipinski definition) is 0. The molecule has 0 atom stereocenters. The van der Waals surface area contributed by atoms with Crippen LogP contribution in [0, 0.1) is 0 Å². The smallest absolute Gasteiger partial charge is 0.264 e. The molecule has 3 aromatic heterocycles. The molecule has 0 unspecified atom stereocenters. The molecule has 0 radical (unpaired) electrons. The van der Waals surface area contributed by atoms with Gasteiger partial charge in [-0.15, -0.1) is 0 Å². The number of aromatic nitrogens is 4. The zero-order chi connectivity index (χ0) is 24.7. The van der Waals surface area contributed by atoms with Gasteiger partial charge in [0.2, 0.25) is 0 Å². The molecule has 5 rings (SSSR count). The Hall–Kier alpha value is -2.11. The molecule has 0 N–H and O–H groups in total. The second-order valence-electron chi connectivity index (χ2n) is 8.76. The highest BCUT2D eigenvalue weighted by Gasteiger charge is 2.18. The topological polar surface area (TPSA) is 105 Å². The lowest BCUT2D eigenvalue weighted by atomic mass is 9.96. The number of fused-ring (bicyclic) bond motifs is 1. The van der Waals surface area contributed by atoms with Crippen LogP contribution < -0.4 is 0 Å². The molecule has 0 saturated heterocycles. The summed E-state index contributed by atoms with van der Waals surface area (Å²) >= 11 is 5.95. The fourth-order valence-electron chi connectivity index (χ4n) is 3.56. The van der Waals surface area contributed by atoms with Crippen LogP contribution in [-0.4, -0.2) is 66.5 Å². The van der Waals surface area contributed by atoms with Crippen molar-refractivity contribution in [1.29, 1.82) is 0 Å². The largest absolute Gasteiger partial charge is 0.376 e. The fraction of sp³-hybridized carbons (Fsp3) is 0.542. The summed E-state index contributed by atoms with van der Waals surface area (Å²) in [5.74, 6) is 0. The molecular weight excluding hydrogens is 492 g/mol. The molecule has 2 aliphatic carbocycles. The number of halogens is 1. The van der Waals surface area contributed by atoms with E-state index in [1.807, 2.05) is 35.4 Å². The molecule has 2 saturated carbocycles. The molecular formula is C24H31ClN4O5S. The number of hydrogen-bond acceptors (Lipinski definition) is 8. The minimum Gasteiger partial charge on any atom is -0.376 e. The highest BCUT2D eigenvalue weighted by Crippen LogP contribution is 2.24. The Morgan fingerprint density at radius 3 is 2.34 bits per heavy atom. The molecule has 0 aromatic carbocycles. The van der Waals surface area contributed by atoms with Gasteiger partial charge in [0, 0.05) is 23.5 Å². The van der Waals surface area contributed by atoms with E-state index in [1.54, 1.807) is 6.07 Å². The van der Waals surface area contributed by atoms with Gasteiger partial charge in [-0.05, 0) is 56.7 Å². The van der Waals surface area contributed by atoms with E-state index in [-0.39, 0.29) is 6.61 Å². The summed E-state index contributed by atoms with van der Waals surface area (Å²) < 4.78 is 38.4. The third-order valence-electron chi connectivity index (χ3n) is 5.98. The maximum atomic E-state index is 10.5. The monoisotopic (exact) mass is 522 g/mol. The second kappa shape index (κ2) is 12.2. The van der Waals surface area contributed by atoms with Gasteiger partial charge in [-0.2, -0.15) is 13.5 Å². The van der Waals surface area contributed by atoms with Crippen molar-refractivity contribution in [2.24, 2.45) is 0 Å². The van der Waals surface area contributed by atoms with Crippen LogP contribution in [0.25, 0.3) is 22.2 Å². The van der Waals surface area contributed by atoms with Crippen LogP contribution in [0.1, 0.15) is 38.5 Å². The van der Waals surface area contributed by atoms with Gasteiger partial charge < -0.3 is 9.47 Å². The van der Waals surface area contributed by atoms with Crippen molar-refractivity contribution < 1.29 is 22.1 Å². The van der Waals surface area contributed by atoms with Crippen LogP contribution in [0.15, 0.2) is 36.8 Å². The Morgan fingerprint density at radius 2 is 1.69 bits per heavy atom. The van der Waals surface area contributed by atoms with Crippen LogP contribution in [0.3, 0.4) is 0 Å². The first-order chi connectivity index (χ1) is 16.9. The molecule has 3 heterocycles. The maximum absolute atomic E-state index is 10.5. The highest BCUT2D eigenvalue weighted by molar-refractivity contribution is 7.85. The summed E-state index contributed by atoms with van der Waals surface area (Å²) in [6, 6.07) is 5.60. The first-order valence-electron chi connectivity index (χ1n) is 11.9. The first-order valence-corrected chi connectivity index (χ1v) is 14.1. The van der Waals surface area contributed by atoms with Crippen molar-refractivity contribution in [1.82, 2.24) is 19.7 Å². The van der Waals surface area contributed by atoms with Crippen molar-refractivity contribution in [2.75, 3.05) is 26.1 Å². The van der Waals surface area contributed by atoms with Gasteiger partial charge in [-0.3, -0.25) is 13.8 Å². The molecule has 0 amide bonds. The lowest BCUT2D eigenvalue weighted by Crippen LogP contribution is -2.23. The summed E-state index contributed by atoms with van der Waals surface area (Å²) in [5.41, 5.74) is 3.62. The average molecular weight is 523 g/mol. The van der Waals surface area contributed by atoms with E-state index in [1.165, 1.54) is 25.7 Å². The van der Waals surface area contributed by atoms with Gasteiger partial charge in [0.25, 0.3) is 10.1 Å². The number of ether oxygens (including phenoxy) is 2. The molecule has 3 aromatic rings. The Labute approximate surface area is 210 Å². The molecule has 2 aliphatic rings. The SMILES string of the molecule is CS(=O)(=O)OCCOC1CCC1.Clc1ccc2ncc(-c3cnn(CCOC4CCC4)c3)cc2n1. The summed E-state index contributed by atoms with van der Waals surface area (Å²) in [4.78, 5) is 8.74. The van der Waals surface area contributed by atoms with Crippen LogP contribution in [0.2, 0.25) is 5.15 Å². The van der Waals surface area contributed by atoms with Crippen LogP contribution >= 0.6 is 11.6 Å². The van der Waals surface area contributed by atoms with Gasteiger partial charge in [0.15, 0.2) is 0 Å². The van der Waals surface area contributed by atoms with Crippen molar-refractivity contribution in [3.8, 4) is 11.1 Å². The third kappa shape index (κ3) is 8.22. The average Bonchev–Trinajstić information content (AvgIpc) is 3.22. The van der Waals surface area contributed by atoms with Crippen molar-refractivity contribution in [3.63, 3.8) is 0 Å². The molecule has 0 bridgehead atoms. The normalized spacial score (nSPS) is 16.4. The standard InChI is InChI=1S/C17H17ClN4O.C7H14O4S/c18-17-5-4-15-16(21-17)8-12(9-19-15)13-10-20-22(11-13)6-7-23-14-2-1-3-14;1-12(8,9)11-6-5-10-7-3-2-4-7/h4-5,8-11,14H,1-3,6-7H2;7H,2-6H2,1H3. The highest BCUT2D eigenvalue weighted by atomic mass is 35.5. The lowest BCUT2D eigenvalue weighted by molar-refractivity contribution is -0.00953. The predicted molar refractivity (Wildman–Crippen MR) is 134 cm³/mol. The number of rotatable bonds is 10. The molecule has 0 aliphatic heterocycles. The number of nitrogens with zero attached hydrogens (tertiary/aromatic N) is 4. The minimum absolute atomic E-state index is 0.134. The summed E-state index contributed by atoms with van der Waals surface area (Å²) in [7, 11) is -3.29. The van der Waals surface area contributed by atoms with Gasteiger partial charge in [-0.1, -0.05) is 11.6 Å². The van der Waals surface area contributed by atoms with E-state index in [2.05, 4.69) is 19.2 Å². The van der Waals surface area contributed by atoms with Crippen LogP contribution in [0.5, 0.6) is 0 Å². The Balaban J connectivity index is 0.000000204. The zero-order valence-electron chi connectivity index (χ0n) is 19.8. The quantitative estimate of drug-likeness (QED) is 0.221. The molecule has 11 heteroatoms. The fourth-order valence-corrected chi connectivity index (χ4v) is 4.09. The molecule has 35 heavy (non-hydrogen) atoms. The Bertz CT molecular complexity index is 1210. The first kappa shape index (κ1) is 26.0. The summed E-state index contributed by atoms with van der Waals surface area (Å²) in [5, 5.41) is 4.87. The van der Waals surface area contributed by atoms with E-state index >= 15 is 0 Å². The number of pyridine rings is 2. The van der Waals surface area contributed by atoms with Gasteiger partial charge in [-0.25, -0.2) is 4.98 Å². The van der Waals surface area contributed by atoms with E-state index in [4.69, 9.17) is 21.1 Å². The van der Waals surface area contributed by atoms with Gasteiger partial charge in [0.05, 0.1) is 62.1 Å². The summed E-state index contributed by atoms with van der Waals surface area (Å²) in [6.07, 6.45) is 14.6. The zero-order valence-corrected chi connectivity index (χ0v) is 21.4. The van der Waals surface area contributed by atoms with E-state index in [0.717, 1.165) is 47.8 Å². The second-order valence-corrected chi connectivity index (χ2v) is 10.8. The van der Waals surface area contributed by atoms with E-state index < -0.39 is 10.1 Å². The van der Waals surface area contributed by atoms with Crippen molar-refractivity contribution >= 4 is 32.8 Å². The maximum Gasteiger partial charge on any atom is 0.264 e. The Kier molecular flexibility index (Phi) is 9.07. The van der Waals surface area contributed by atoms with E-state index in [9.17, 15) is 8.42 Å². The van der Waals surface area contributed by atoms with Crippen molar-refractivity contribution in [3.05, 3.63) is 41.9 Å². The lowest BCUT2D eigenvalue weighted by Gasteiger charge is -2.25. The van der Waals surface area contributed by atoms with Crippen LogP contribution in [-0.2, 0) is 30.3 Å². The molecule has 190 valence electrons. The van der Waals surface area contributed by atoms with Crippen LogP contribution in [0.4, 0.5) is 0 Å². The predicted octanol–water partition coefficient (Wildman–Crippen LogP) is 4.25. The van der Waals surface area contributed by atoms with Gasteiger partial charge >= 0.3 is 0 Å². The van der Waals surface area contributed by atoms with Gasteiger partial charge in [0.1, 0.15) is 5.15 Å². The summed E-state index contributed by atoms with van der Waals surface area (Å²) in [6.45, 7) is 1.98. The third-order valence-corrected chi connectivity index (χ3v) is 6.79.